The first-order chi connectivity index (χ1) is 17.9. The first kappa shape index (κ1) is 29.6. The predicted molar refractivity (Wildman–Crippen MR) is 154 cm³/mol. The summed E-state index contributed by atoms with van der Waals surface area (Å²) >= 11 is 1.41. The summed E-state index contributed by atoms with van der Waals surface area (Å²) in [6.07, 6.45) is 0. The number of ether oxygens (including phenoxy) is 2. The summed E-state index contributed by atoms with van der Waals surface area (Å²) in [4.78, 5) is 35.9. The molecule has 38 heavy (non-hydrogen) atoms. The molecule has 0 bridgehead atoms. The third kappa shape index (κ3) is 6.71. The van der Waals surface area contributed by atoms with Gasteiger partial charge in [-0.05, 0) is 50.3 Å². The zero-order valence-corrected chi connectivity index (χ0v) is 23.6. The number of rotatable bonds is 11. The molecule has 0 radical (unpaired) electrons. The Kier molecular flexibility index (Phi) is 10.7. The number of fused-ring (bicyclic) bond motifs is 1. The van der Waals surface area contributed by atoms with Crippen LogP contribution in [-0.2, 0) is 4.74 Å². The smallest absolute Gasteiger partial charge is 0.293 e. The minimum absolute atomic E-state index is 0. The lowest BCUT2D eigenvalue weighted by molar-refractivity contribution is -0.384. The van der Waals surface area contributed by atoms with E-state index in [-0.39, 0.29) is 29.6 Å². The Hall–Kier alpha value is -2.99. The summed E-state index contributed by atoms with van der Waals surface area (Å²) < 4.78 is 11.9. The molecule has 1 amide bonds. The van der Waals surface area contributed by atoms with Crippen LogP contribution in [0, 0.1) is 10.1 Å². The van der Waals surface area contributed by atoms with E-state index in [2.05, 4.69) is 18.7 Å². The van der Waals surface area contributed by atoms with E-state index in [1.165, 1.54) is 17.4 Å². The first-order valence-electron chi connectivity index (χ1n) is 12.6. The molecule has 0 saturated carbocycles. The van der Waals surface area contributed by atoms with Gasteiger partial charge in [0.05, 0.1) is 35.0 Å². The number of anilines is 2. The van der Waals surface area contributed by atoms with Crippen molar-refractivity contribution in [3.05, 3.63) is 52.1 Å². The van der Waals surface area contributed by atoms with Gasteiger partial charge in [0.15, 0.2) is 5.13 Å². The molecule has 2 aromatic carbocycles. The van der Waals surface area contributed by atoms with Crippen molar-refractivity contribution in [2.75, 3.05) is 68.9 Å². The van der Waals surface area contributed by atoms with Crippen LogP contribution in [0.15, 0.2) is 36.4 Å². The van der Waals surface area contributed by atoms with Gasteiger partial charge in [-0.2, -0.15) is 0 Å². The molecule has 1 aliphatic rings. The van der Waals surface area contributed by atoms with Gasteiger partial charge in [0, 0.05) is 37.8 Å². The number of aromatic nitrogens is 1. The zero-order valence-electron chi connectivity index (χ0n) is 21.9. The van der Waals surface area contributed by atoms with Gasteiger partial charge in [-0.1, -0.05) is 25.2 Å². The molecule has 206 valence electrons. The molecule has 0 unspecified atom stereocenters. The summed E-state index contributed by atoms with van der Waals surface area (Å²) in [6.45, 7) is 11.6. The lowest BCUT2D eigenvalue weighted by atomic mass is 10.1. The number of amides is 1. The summed E-state index contributed by atoms with van der Waals surface area (Å²) in [5.74, 6) is 0.438. The molecule has 1 saturated heterocycles. The van der Waals surface area contributed by atoms with Crippen LogP contribution in [0.2, 0.25) is 0 Å². The van der Waals surface area contributed by atoms with Crippen molar-refractivity contribution in [3.8, 4) is 5.75 Å². The molecule has 1 aliphatic heterocycles. The van der Waals surface area contributed by atoms with Crippen LogP contribution < -0.4 is 14.5 Å². The number of nitro groups is 1. The molecule has 1 fully saturated rings. The van der Waals surface area contributed by atoms with Crippen molar-refractivity contribution < 1.29 is 19.2 Å². The van der Waals surface area contributed by atoms with Crippen molar-refractivity contribution in [2.24, 2.45) is 0 Å². The quantitative estimate of drug-likeness (QED) is 0.241. The predicted octanol–water partition coefficient (Wildman–Crippen LogP) is 4.85. The molecule has 0 atom stereocenters. The molecular weight excluding hydrogens is 530 g/mol. The number of hydrogen-bond acceptors (Lipinski definition) is 9. The van der Waals surface area contributed by atoms with Crippen LogP contribution in [-0.4, -0.2) is 79.8 Å². The van der Waals surface area contributed by atoms with Gasteiger partial charge >= 0.3 is 0 Å². The maximum absolute atomic E-state index is 13.8. The molecule has 2 heterocycles. The molecule has 4 rings (SSSR count). The minimum atomic E-state index is -0.422. The highest BCUT2D eigenvalue weighted by atomic mass is 35.5. The van der Waals surface area contributed by atoms with Gasteiger partial charge < -0.3 is 19.3 Å². The number of halogens is 1. The summed E-state index contributed by atoms with van der Waals surface area (Å²) in [6, 6.07) is 10.4. The number of nitro benzene ring substituents is 1. The van der Waals surface area contributed by atoms with E-state index < -0.39 is 4.92 Å². The second-order valence-corrected chi connectivity index (χ2v) is 9.61. The Bertz CT molecular complexity index is 1250. The number of hydrogen-bond donors (Lipinski definition) is 0. The Morgan fingerprint density at radius 1 is 1.13 bits per heavy atom. The monoisotopic (exact) mass is 563 g/mol. The van der Waals surface area contributed by atoms with E-state index in [1.54, 1.807) is 17.0 Å². The minimum Gasteiger partial charge on any atom is -0.494 e. The number of morpholine rings is 1. The van der Waals surface area contributed by atoms with Crippen molar-refractivity contribution in [1.29, 1.82) is 0 Å². The summed E-state index contributed by atoms with van der Waals surface area (Å²) in [7, 11) is 0. The van der Waals surface area contributed by atoms with Gasteiger partial charge in [-0.25, -0.2) is 4.98 Å². The lowest BCUT2D eigenvalue weighted by Gasteiger charge is -2.29. The number of benzene rings is 2. The first-order valence-corrected chi connectivity index (χ1v) is 13.5. The number of nitrogens with zero attached hydrogens (tertiary/aromatic N) is 5. The molecule has 12 heteroatoms. The Morgan fingerprint density at radius 3 is 2.53 bits per heavy atom. The van der Waals surface area contributed by atoms with Crippen molar-refractivity contribution in [1.82, 2.24) is 9.88 Å². The van der Waals surface area contributed by atoms with Crippen molar-refractivity contribution in [2.45, 2.75) is 20.8 Å². The fourth-order valence-electron chi connectivity index (χ4n) is 4.36. The maximum atomic E-state index is 13.8. The van der Waals surface area contributed by atoms with Crippen LogP contribution in [0.4, 0.5) is 16.5 Å². The molecule has 0 spiro atoms. The van der Waals surface area contributed by atoms with Crippen molar-refractivity contribution in [3.63, 3.8) is 0 Å². The second kappa shape index (κ2) is 13.7. The molecule has 1 aromatic heterocycles. The molecule has 0 N–H and O–H groups in total. The average Bonchev–Trinajstić information content (AvgIpc) is 3.34. The highest BCUT2D eigenvalue weighted by Gasteiger charge is 2.27. The van der Waals surface area contributed by atoms with E-state index in [4.69, 9.17) is 14.5 Å². The molecule has 10 nitrogen and oxygen atoms in total. The van der Waals surface area contributed by atoms with Crippen LogP contribution in [0.1, 0.15) is 31.1 Å². The third-order valence-corrected chi connectivity index (χ3v) is 7.48. The van der Waals surface area contributed by atoms with Crippen molar-refractivity contribution >= 4 is 56.4 Å². The summed E-state index contributed by atoms with van der Waals surface area (Å²) in [5.41, 5.74) is 1.46. The highest BCUT2D eigenvalue weighted by molar-refractivity contribution is 7.22. The SMILES string of the molecule is CCOc1ccc2nc(N(CCN(CC)CC)C(=O)c3ccc(N4CCOCC4)c([N+](=O)[O-])c3)sc2c1.Cl. The maximum Gasteiger partial charge on any atom is 0.293 e. The van der Waals surface area contributed by atoms with E-state index >= 15 is 0 Å². The number of thiazole rings is 1. The average molecular weight is 564 g/mol. The Balaban J connectivity index is 0.00000400. The largest absolute Gasteiger partial charge is 0.494 e. The number of likely N-dealkylation sites (N-methyl/N-ethyl adjacent to an activating group) is 1. The number of carbonyl (C=O) groups is 1. The Labute approximate surface area is 232 Å². The summed E-state index contributed by atoms with van der Waals surface area (Å²) in [5, 5.41) is 12.5. The lowest BCUT2D eigenvalue weighted by Crippen LogP contribution is -2.39. The molecular formula is C26H34ClN5O5S. The van der Waals surface area contributed by atoms with Crippen LogP contribution in [0.3, 0.4) is 0 Å². The molecule has 0 aliphatic carbocycles. The van der Waals surface area contributed by atoms with E-state index in [0.717, 1.165) is 29.1 Å². The number of carbonyl (C=O) groups excluding carboxylic acids is 1. The highest BCUT2D eigenvalue weighted by Crippen LogP contribution is 2.34. The molecule has 3 aromatic rings. The van der Waals surface area contributed by atoms with E-state index in [0.29, 0.717) is 56.8 Å². The topological polar surface area (TPSA) is 101 Å². The normalized spacial score (nSPS) is 13.4. The van der Waals surface area contributed by atoms with Gasteiger partial charge in [-0.3, -0.25) is 19.8 Å². The fourth-order valence-corrected chi connectivity index (χ4v) is 5.38. The van der Waals surface area contributed by atoms with E-state index in [9.17, 15) is 14.9 Å². The van der Waals surface area contributed by atoms with Gasteiger partial charge in [0.2, 0.25) is 0 Å². The Morgan fingerprint density at radius 2 is 1.87 bits per heavy atom. The fraction of sp³-hybridized carbons (Fsp3) is 0.462. The van der Waals surface area contributed by atoms with Gasteiger partial charge in [0.25, 0.3) is 11.6 Å². The van der Waals surface area contributed by atoms with Gasteiger partial charge in [0.1, 0.15) is 11.4 Å². The van der Waals surface area contributed by atoms with Crippen LogP contribution >= 0.6 is 23.7 Å². The van der Waals surface area contributed by atoms with Crippen LogP contribution in [0.25, 0.3) is 10.2 Å². The van der Waals surface area contributed by atoms with E-state index in [1.807, 2.05) is 30.0 Å². The second-order valence-electron chi connectivity index (χ2n) is 8.60. The zero-order chi connectivity index (χ0) is 26.4. The van der Waals surface area contributed by atoms with Crippen LogP contribution in [0.5, 0.6) is 5.75 Å². The van der Waals surface area contributed by atoms with Gasteiger partial charge in [-0.15, -0.1) is 12.4 Å². The third-order valence-electron chi connectivity index (χ3n) is 6.44. The standard InChI is InChI=1S/C26H33N5O5S.ClH/c1-4-28(5-2)11-12-30(26-27-21-9-8-20(36-6-3)18-24(21)37-26)25(32)19-7-10-22(23(17-19)31(33)34)29-13-15-35-16-14-29;/h7-10,17-18H,4-6,11-16H2,1-3H3;1H.